The van der Waals surface area contributed by atoms with Crippen LogP contribution < -0.4 is 10.9 Å². The van der Waals surface area contributed by atoms with Gasteiger partial charge in [0.25, 0.3) is 11.5 Å². The summed E-state index contributed by atoms with van der Waals surface area (Å²) >= 11 is 5.16. The molecule has 2 N–H and O–H groups in total. The Bertz CT molecular complexity index is 959. The standard InChI is InChI=1S/C19H25N3O3S/c1-5-19(6-2)14(10-15(19)25-4)21-16(23)11-7-8-12-13(9-11)20-18(26)22(3)17(12)24/h7-9,14-15H,5-6,10H2,1-4H3,(H,20,26)(H,21,23)/t14-,15-/m1/s1. The molecule has 1 fully saturated rings. The second-order valence-corrected chi connectivity index (χ2v) is 7.37. The maximum atomic E-state index is 12.8. The van der Waals surface area contributed by atoms with Gasteiger partial charge in [-0.15, -0.1) is 0 Å². The zero-order valence-electron chi connectivity index (χ0n) is 15.6. The zero-order valence-corrected chi connectivity index (χ0v) is 16.4. The Labute approximate surface area is 157 Å². The first kappa shape index (κ1) is 18.8. The fraction of sp³-hybridized carbons (Fsp3) is 0.526. The number of aromatic nitrogens is 2. The lowest BCUT2D eigenvalue weighted by Gasteiger charge is -2.55. The molecular weight excluding hydrogens is 350 g/mol. The largest absolute Gasteiger partial charge is 0.381 e. The van der Waals surface area contributed by atoms with Crippen molar-refractivity contribution < 1.29 is 9.53 Å². The van der Waals surface area contributed by atoms with Crippen LogP contribution in [0.25, 0.3) is 10.9 Å². The number of aromatic amines is 1. The Morgan fingerprint density at radius 1 is 1.42 bits per heavy atom. The molecule has 26 heavy (non-hydrogen) atoms. The molecule has 1 aliphatic rings. The van der Waals surface area contributed by atoms with Crippen LogP contribution in [0, 0.1) is 10.2 Å². The molecule has 0 radical (unpaired) electrons. The quantitative estimate of drug-likeness (QED) is 0.788. The Balaban J connectivity index is 1.88. The molecule has 0 unspecified atom stereocenters. The molecule has 7 heteroatoms. The lowest BCUT2D eigenvalue weighted by molar-refractivity contribution is -0.120. The third-order valence-corrected chi connectivity index (χ3v) is 6.43. The van der Waals surface area contributed by atoms with Crippen LogP contribution in [0.15, 0.2) is 23.0 Å². The van der Waals surface area contributed by atoms with Crippen molar-refractivity contribution in [2.24, 2.45) is 12.5 Å². The molecular formula is C19H25N3O3S. The van der Waals surface area contributed by atoms with Crippen molar-refractivity contribution in [2.45, 2.75) is 45.3 Å². The predicted octanol–water partition coefficient (Wildman–Crippen LogP) is 2.92. The van der Waals surface area contributed by atoms with E-state index >= 15 is 0 Å². The second-order valence-electron chi connectivity index (χ2n) is 6.98. The number of amides is 1. The van der Waals surface area contributed by atoms with Crippen LogP contribution in [0.4, 0.5) is 0 Å². The third kappa shape index (κ3) is 2.79. The third-order valence-electron chi connectivity index (χ3n) is 6.05. The maximum Gasteiger partial charge on any atom is 0.261 e. The number of methoxy groups -OCH3 is 1. The molecule has 1 amide bonds. The molecule has 0 spiro atoms. The van der Waals surface area contributed by atoms with Crippen LogP contribution in [0.3, 0.4) is 0 Å². The normalized spacial score (nSPS) is 21.4. The number of nitrogens with one attached hydrogen (secondary N) is 2. The summed E-state index contributed by atoms with van der Waals surface area (Å²) in [7, 11) is 3.36. The Hall–Kier alpha value is -1.99. The minimum atomic E-state index is -0.173. The molecule has 1 heterocycles. The highest BCUT2D eigenvalue weighted by atomic mass is 32.1. The lowest BCUT2D eigenvalue weighted by Crippen LogP contribution is -2.64. The minimum Gasteiger partial charge on any atom is -0.381 e. The van der Waals surface area contributed by atoms with E-state index in [4.69, 9.17) is 17.0 Å². The smallest absolute Gasteiger partial charge is 0.261 e. The highest BCUT2D eigenvalue weighted by Crippen LogP contribution is 2.48. The van der Waals surface area contributed by atoms with Gasteiger partial charge in [-0.3, -0.25) is 14.2 Å². The number of ether oxygens (including phenoxy) is 1. The number of rotatable bonds is 5. The maximum absolute atomic E-state index is 12.8. The number of benzene rings is 1. The molecule has 1 aliphatic carbocycles. The van der Waals surface area contributed by atoms with Gasteiger partial charge in [-0.05, 0) is 49.7 Å². The average Bonchev–Trinajstić information content (AvgIpc) is 2.63. The van der Waals surface area contributed by atoms with Gasteiger partial charge >= 0.3 is 0 Å². The second kappa shape index (κ2) is 6.96. The van der Waals surface area contributed by atoms with Crippen molar-refractivity contribution in [3.05, 3.63) is 38.9 Å². The molecule has 3 rings (SSSR count). The summed E-state index contributed by atoms with van der Waals surface area (Å²) < 4.78 is 7.31. The van der Waals surface area contributed by atoms with Crippen LogP contribution in [-0.4, -0.2) is 34.7 Å². The first-order valence-corrected chi connectivity index (χ1v) is 9.35. The summed E-state index contributed by atoms with van der Waals surface area (Å²) in [6, 6.07) is 5.13. The van der Waals surface area contributed by atoms with Gasteiger partial charge in [0.05, 0.1) is 17.0 Å². The van der Waals surface area contributed by atoms with E-state index in [-0.39, 0.29) is 29.0 Å². The molecule has 0 bridgehead atoms. The van der Waals surface area contributed by atoms with Crippen molar-refractivity contribution in [2.75, 3.05) is 7.11 Å². The van der Waals surface area contributed by atoms with Gasteiger partial charge in [0.2, 0.25) is 0 Å². The number of fused-ring (bicyclic) bond motifs is 1. The van der Waals surface area contributed by atoms with E-state index in [1.807, 2.05) is 0 Å². The van der Waals surface area contributed by atoms with Crippen LogP contribution >= 0.6 is 12.2 Å². The Morgan fingerprint density at radius 2 is 2.12 bits per heavy atom. The summed E-state index contributed by atoms with van der Waals surface area (Å²) in [5.41, 5.74) is 0.898. The SMILES string of the molecule is CCC1(CC)[C@H](NC(=O)c2ccc3c(=O)n(C)c(=S)[nH]c3c2)C[C@H]1OC. The number of carbonyl (C=O) groups is 1. The highest BCUT2D eigenvalue weighted by Gasteiger charge is 2.53. The Morgan fingerprint density at radius 3 is 2.73 bits per heavy atom. The molecule has 140 valence electrons. The summed E-state index contributed by atoms with van der Waals surface area (Å²) in [5.74, 6) is -0.141. The molecule has 0 aliphatic heterocycles. The van der Waals surface area contributed by atoms with Gasteiger partial charge in [0, 0.05) is 31.2 Å². The molecule has 2 aromatic rings. The molecule has 1 aromatic carbocycles. The van der Waals surface area contributed by atoms with E-state index < -0.39 is 0 Å². The van der Waals surface area contributed by atoms with Gasteiger partial charge < -0.3 is 15.0 Å². The van der Waals surface area contributed by atoms with Crippen LogP contribution in [0.2, 0.25) is 0 Å². The van der Waals surface area contributed by atoms with Gasteiger partial charge in [0.15, 0.2) is 4.77 Å². The van der Waals surface area contributed by atoms with Gasteiger partial charge in [-0.1, -0.05) is 13.8 Å². The summed E-state index contributed by atoms with van der Waals surface area (Å²) in [5, 5.41) is 3.66. The first-order chi connectivity index (χ1) is 12.4. The summed E-state index contributed by atoms with van der Waals surface area (Å²) in [6.07, 6.45) is 2.90. The molecule has 2 atom stereocenters. The molecule has 0 saturated heterocycles. The highest BCUT2D eigenvalue weighted by molar-refractivity contribution is 7.71. The number of H-pyrrole nitrogens is 1. The first-order valence-electron chi connectivity index (χ1n) is 8.94. The topological polar surface area (TPSA) is 76.1 Å². The molecule has 1 saturated carbocycles. The van der Waals surface area contributed by atoms with Gasteiger partial charge in [-0.2, -0.15) is 0 Å². The monoisotopic (exact) mass is 375 g/mol. The summed E-state index contributed by atoms with van der Waals surface area (Å²) in [4.78, 5) is 28.0. The fourth-order valence-corrected chi connectivity index (χ4v) is 4.36. The fourth-order valence-electron chi connectivity index (χ4n) is 4.17. The average molecular weight is 375 g/mol. The van der Waals surface area contributed by atoms with Crippen molar-refractivity contribution in [1.82, 2.24) is 14.9 Å². The number of hydrogen-bond donors (Lipinski definition) is 2. The number of nitrogens with zero attached hydrogens (tertiary/aromatic N) is 1. The van der Waals surface area contributed by atoms with Crippen LogP contribution in [0.1, 0.15) is 43.5 Å². The van der Waals surface area contributed by atoms with E-state index in [1.54, 1.807) is 32.4 Å². The molecule has 1 aromatic heterocycles. The van der Waals surface area contributed by atoms with Crippen molar-refractivity contribution in [3.63, 3.8) is 0 Å². The van der Waals surface area contributed by atoms with E-state index in [1.165, 1.54) is 4.57 Å². The van der Waals surface area contributed by atoms with E-state index in [0.717, 1.165) is 19.3 Å². The Kier molecular flexibility index (Phi) is 5.03. The van der Waals surface area contributed by atoms with Gasteiger partial charge in [-0.25, -0.2) is 0 Å². The van der Waals surface area contributed by atoms with E-state index in [2.05, 4.69) is 24.1 Å². The predicted molar refractivity (Wildman–Crippen MR) is 104 cm³/mol. The minimum absolute atomic E-state index is 0.0168. The zero-order chi connectivity index (χ0) is 19.1. The lowest BCUT2D eigenvalue weighted by atomic mass is 9.58. The number of hydrogen-bond acceptors (Lipinski definition) is 4. The summed E-state index contributed by atoms with van der Waals surface area (Å²) in [6.45, 7) is 4.28. The molecule has 6 nitrogen and oxygen atoms in total. The van der Waals surface area contributed by atoms with E-state index in [0.29, 0.717) is 21.2 Å². The van der Waals surface area contributed by atoms with Crippen LogP contribution in [-0.2, 0) is 11.8 Å². The number of carbonyl (C=O) groups excluding carboxylic acids is 1. The van der Waals surface area contributed by atoms with Crippen molar-refractivity contribution >= 4 is 29.0 Å². The van der Waals surface area contributed by atoms with E-state index in [9.17, 15) is 9.59 Å². The van der Waals surface area contributed by atoms with Crippen LogP contribution in [0.5, 0.6) is 0 Å². The van der Waals surface area contributed by atoms with Gasteiger partial charge in [0.1, 0.15) is 0 Å². The van der Waals surface area contributed by atoms with Crippen molar-refractivity contribution in [1.29, 1.82) is 0 Å². The van der Waals surface area contributed by atoms with Crippen molar-refractivity contribution in [3.8, 4) is 0 Å².